The maximum atomic E-state index is 13.7. The monoisotopic (exact) mass is 432 g/mol. The van der Waals surface area contributed by atoms with Crippen LogP contribution in [-0.2, 0) is 4.79 Å². The van der Waals surface area contributed by atoms with E-state index < -0.39 is 11.9 Å². The molecule has 0 unspecified atom stereocenters. The van der Waals surface area contributed by atoms with Crippen molar-refractivity contribution in [3.8, 4) is 5.75 Å². The Morgan fingerprint density at radius 2 is 1.69 bits per heavy atom. The number of carbonyl (C=O) groups excluding carboxylic acids is 2. The van der Waals surface area contributed by atoms with Crippen molar-refractivity contribution in [1.29, 1.82) is 0 Å². The summed E-state index contributed by atoms with van der Waals surface area (Å²) in [6, 6.07) is 19.1. The molecule has 1 N–H and O–H groups in total. The van der Waals surface area contributed by atoms with Gasteiger partial charge in [0.15, 0.2) is 5.76 Å². The van der Waals surface area contributed by atoms with Gasteiger partial charge in [-0.3, -0.25) is 14.5 Å². The molecule has 1 aliphatic carbocycles. The van der Waals surface area contributed by atoms with Gasteiger partial charge in [0.2, 0.25) is 5.91 Å². The first-order chi connectivity index (χ1) is 15.7. The number of hydrogen-bond donors (Lipinski definition) is 1. The minimum Gasteiger partial charge on any atom is -0.495 e. The number of furan rings is 1. The first-order valence-electron chi connectivity index (χ1n) is 11.0. The van der Waals surface area contributed by atoms with E-state index in [1.54, 1.807) is 31.4 Å². The Morgan fingerprint density at radius 1 is 0.969 bits per heavy atom. The Kier molecular flexibility index (Phi) is 6.90. The minimum atomic E-state index is -0.882. The van der Waals surface area contributed by atoms with Crippen molar-refractivity contribution >= 4 is 17.5 Å². The molecule has 3 aromatic rings. The van der Waals surface area contributed by atoms with Crippen molar-refractivity contribution in [2.75, 3.05) is 12.0 Å². The van der Waals surface area contributed by atoms with Gasteiger partial charge >= 0.3 is 0 Å². The number of hydrogen-bond acceptors (Lipinski definition) is 4. The molecule has 4 rings (SSSR count). The van der Waals surface area contributed by atoms with Gasteiger partial charge in [0, 0.05) is 6.04 Å². The molecule has 1 aromatic heterocycles. The number of carbonyl (C=O) groups is 2. The lowest BCUT2D eigenvalue weighted by atomic mass is 9.94. The van der Waals surface area contributed by atoms with Crippen LogP contribution in [-0.4, -0.2) is 25.0 Å². The predicted octanol–water partition coefficient (Wildman–Crippen LogP) is 5.13. The number of amides is 2. The number of nitrogens with one attached hydrogen (secondary N) is 1. The summed E-state index contributed by atoms with van der Waals surface area (Å²) < 4.78 is 11.0. The van der Waals surface area contributed by atoms with Crippen molar-refractivity contribution in [2.24, 2.45) is 0 Å². The van der Waals surface area contributed by atoms with E-state index in [9.17, 15) is 9.59 Å². The van der Waals surface area contributed by atoms with Gasteiger partial charge in [0.05, 0.1) is 19.1 Å². The third kappa shape index (κ3) is 4.69. The Hall–Kier alpha value is -3.54. The highest BCUT2D eigenvalue weighted by atomic mass is 16.5. The van der Waals surface area contributed by atoms with Gasteiger partial charge in [-0.1, -0.05) is 61.7 Å². The minimum absolute atomic E-state index is 0.112. The number of nitrogens with zero attached hydrogens (tertiary/aromatic N) is 1. The van der Waals surface area contributed by atoms with Crippen LogP contribution in [0.3, 0.4) is 0 Å². The fraction of sp³-hybridized carbons (Fsp3) is 0.308. The van der Waals surface area contributed by atoms with Crippen molar-refractivity contribution in [3.05, 3.63) is 84.3 Å². The second kappa shape index (κ2) is 10.2. The van der Waals surface area contributed by atoms with Crippen molar-refractivity contribution in [3.63, 3.8) is 0 Å². The largest absolute Gasteiger partial charge is 0.495 e. The average molecular weight is 433 g/mol. The van der Waals surface area contributed by atoms with Gasteiger partial charge in [-0.2, -0.15) is 0 Å². The molecule has 0 bridgehead atoms. The molecule has 0 radical (unpaired) electrons. The summed E-state index contributed by atoms with van der Waals surface area (Å²) >= 11 is 0. The van der Waals surface area contributed by atoms with Crippen molar-refractivity contribution in [2.45, 2.75) is 44.2 Å². The lowest BCUT2D eigenvalue weighted by Gasteiger charge is -2.33. The molecule has 6 heteroatoms. The topological polar surface area (TPSA) is 71.8 Å². The van der Waals surface area contributed by atoms with Crippen LogP contribution in [0.15, 0.2) is 77.4 Å². The molecule has 2 amide bonds. The molecular formula is C26H28N2O4. The first kappa shape index (κ1) is 21.7. The number of rotatable bonds is 7. The molecule has 6 nitrogen and oxygen atoms in total. The normalized spacial score (nSPS) is 15.0. The zero-order valence-corrected chi connectivity index (χ0v) is 18.2. The third-order valence-electron chi connectivity index (χ3n) is 5.87. The Morgan fingerprint density at radius 3 is 2.38 bits per heavy atom. The highest BCUT2D eigenvalue weighted by molar-refractivity contribution is 6.09. The molecule has 2 aromatic carbocycles. The molecule has 32 heavy (non-hydrogen) atoms. The van der Waals surface area contributed by atoms with E-state index in [1.807, 2.05) is 42.5 Å². The van der Waals surface area contributed by atoms with Crippen molar-refractivity contribution in [1.82, 2.24) is 5.32 Å². The number of benzene rings is 2. The van der Waals surface area contributed by atoms with Gasteiger partial charge < -0.3 is 14.5 Å². The molecule has 1 aliphatic rings. The Balaban J connectivity index is 1.80. The van der Waals surface area contributed by atoms with E-state index in [0.29, 0.717) is 17.0 Å². The van der Waals surface area contributed by atoms with E-state index in [1.165, 1.54) is 17.6 Å². The smallest absolute Gasteiger partial charge is 0.295 e. The SMILES string of the molecule is COc1ccccc1N(C(=O)c1ccco1)[C@@H](C(=O)NC1CCCCC1)c1ccccc1. The number of methoxy groups -OCH3 is 1. The van der Waals surface area contributed by atoms with Crippen LogP contribution in [0, 0.1) is 0 Å². The third-order valence-corrected chi connectivity index (χ3v) is 5.87. The maximum Gasteiger partial charge on any atom is 0.295 e. The summed E-state index contributed by atoms with van der Waals surface area (Å²) in [5.74, 6) is 0.0298. The molecule has 166 valence electrons. The lowest BCUT2D eigenvalue weighted by molar-refractivity contribution is -0.123. The van der Waals surface area contributed by atoms with E-state index in [4.69, 9.17) is 9.15 Å². The standard InChI is InChI=1S/C26H28N2O4/c1-31-22-16-9-8-15-21(22)28(26(30)23-17-10-18-32-23)24(19-11-4-2-5-12-19)25(29)27-20-13-6-3-7-14-20/h2,4-5,8-12,15-18,20,24H,3,6-7,13-14H2,1H3,(H,27,29)/t24-/m1/s1. The number of para-hydroxylation sites is 2. The van der Waals surface area contributed by atoms with Crippen LogP contribution >= 0.6 is 0 Å². The number of ether oxygens (including phenoxy) is 1. The highest BCUT2D eigenvalue weighted by Crippen LogP contribution is 2.36. The number of anilines is 1. The Bertz CT molecular complexity index is 1030. The Labute approximate surface area is 188 Å². The van der Waals surface area contributed by atoms with Gasteiger partial charge in [0.25, 0.3) is 5.91 Å². The molecule has 1 fully saturated rings. The molecule has 1 heterocycles. The highest BCUT2D eigenvalue weighted by Gasteiger charge is 2.36. The molecular weight excluding hydrogens is 404 g/mol. The van der Waals surface area contributed by atoms with Gasteiger partial charge in [-0.15, -0.1) is 0 Å². The lowest BCUT2D eigenvalue weighted by Crippen LogP contribution is -2.47. The van der Waals surface area contributed by atoms with Gasteiger partial charge in [0.1, 0.15) is 11.8 Å². The van der Waals surface area contributed by atoms with Crippen LogP contribution in [0.2, 0.25) is 0 Å². The van der Waals surface area contributed by atoms with E-state index in [2.05, 4.69) is 5.32 Å². The van der Waals surface area contributed by atoms with Gasteiger partial charge in [-0.25, -0.2) is 0 Å². The van der Waals surface area contributed by atoms with Crippen LogP contribution in [0.4, 0.5) is 5.69 Å². The summed E-state index contributed by atoms with van der Waals surface area (Å²) in [7, 11) is 1.55. The average Bonchev–Trinajstić information content (AvgIpc) is 3.38. The fourth-order valence-electron chi connectivity index (χ4n) is 4.29. The molecule has 1 atom stereocenters. The summed E-state index contributed by atoms with van der Waals surface area (Å²) in [4.78, 5) is 28.9. The molecule has 0 saturated heterocycles. The van der Waals surface area contributed by atoms with E-state index >= 15 is 0 Å². The molecule has 0 spiro atoms. The van der Waals surface area contributed by atoms with Crippen LogP contribution in [0.5, 0.6) is 5.75 Å². The zero-order chi connectivity index (χ0) is 22.3. The summed E-state index contributed by atoms with van der Waals surface area (Å²) in [5, 5.41) is 3.20. The quantitative estimate of drug-likeness (QED) is 0.562. The molecule has 1 saturated carbocycles. The first-order valence-corrected chi connectivity index (χ1v) is 11.0. The van der Waals surface area contributed by atoms with E-state index in [0.717, 1.165) is 25.7 Å². The van der Waals surface area contributed by atoms with Crippen LogP contribution in [0.1, 0.15) is 54.3 Å². The van der Waals surface area contributed by atoms with Gasteiger partial charge in [-0.05, 0) is 42.7 Å². The second-order valence-electron chi connectivity index (χ2n) is 7.98. The molecule has 0 aliphatic heterocycles. The summed E-state index contributed by atoms with van der Waals surface area (Å²) in [6.07, 6.45) is 6.75. The van der Waals surface area contributed by atoms with Crippen molar-refractivity contribution < 1.29 is 18.7 Å². The van der Waals surface area contributed by atoms with Crippen LogP contribution in [0.25, 0.3) is 0 Å². The fourth-order valence-corrected chi connectivity index (χ4v) is 4.29. The maximum absolute atomic E-state index is 13.7. The zero-order valence-electron chi connectivity index (χ0n) is 18.2. The summed E-state index contributed by atoms with van der Waals surface area (Å²) in [5.41, 5.74) is 1.22. The van der Waals surface area contributed by atoms with Crippen LogP contribution < -0.4 is 15.0 Å². The predicted molar refractivity (Wildman–Crippen MR) is 123 cm³/mol. The van der Waals surface area contributed by atoms with E-state index in [-0.39, 0.29) is 17.7 Å². The summed E-state index contributed by atoms with van der Waals surface area (Å²) in [6.45, 7) is 0. The second-order valence-corrected chi connectivity index (χ2v) is 7.98.